The fraction of sp³-hybridized carbons (Fsp3) is 0.0667. The molecule has 0 saturated heterocycles. The zero-order valence-corrected chi connectivity index (χ0v) is 10.9. The van der Waals surface area contributed by atoms with Crippen LogP contribution in [-0.4, -0.2) is 10.5 Å². The number of aromatic nitrogens is 1. The van der Waals surface area contributed by atoms with Crippen LogP contribution in [0.5, 0.6) is 0 Å². The first-order valence-electron chi connectivity index (χ1n) is 6.24. The van der Waals surface area contributed by atoms with Crippen molar-refractivity contribution in [2.24, 2.45) is 0 Å². The number of hydrogen-bond acceptors (Lipinski definition) is 4. The van der Waals surface area contributed by atoms with E-state index in [1.807, 2.05) is 0 Å². The molecule has 0 atom stereocenters. The number of nitrogens with two attached hydrogens (primary N) is 1. The van der Waals surface area contributed by atoms with Crippen molar-refractivity contribution in [3.63, 3.8) is 0 Å². The minimum Gasteiger partial charge on any atom is -0.407 e. The molecule has 0 aliphatic carbocycles. The summed E-state index contributed by atoms with van der Waals surface area (Å²) in [5, 5.41) is 0. The maximum Gasteiger partial charge on any atom is 0.426 e. The molecule has 21 heavy (non-hydrogen) atoms. The predicted molar refractivity (Wildman–Crippen MR) is 75.6 cm³/mol. The number of rotatable bonds is 2. The lowest BCUT2D eigenvalue weighted by atomic mass is 10.1. The van der Waals surface area contributed by atoms with Crippen molar-refractivity contribution in [3.8, 4) is 0 Å². The van der Waals surface area contributed by atoms with Crippen LogP contribution in [0.3, 0.4) is 0 Å². The fourth-order valence-corrected chi connectivity index (χ4v) is 2.16. The molecule has 2 aromatic carbocycles. The number of carbonyl (C=O) groups is 1. The van der Waals surface area contributed by atoms with Gasteiger partial charge in [0, 0.05) is 11.8 Å². The monoisotopic (exact) mass is 286 g/mol. The molecule has 0 aliphatic heterocycles. The summed E-state index contributed by atoms with van der Waals surface area (Å²) in [6.07, 6.45) is -0.231. The third-order valence-electron chi connectivity index (χ3n) is 3.15. The lowest BCUT2D eigenvalue weighted by molar-refractivity contribution is 0.0909. The van der Waals surface area contributed by atoms with Crippen LogP contribution in [0.4, 0.5) is 10.1 Å². The van der Waals surface area contributed by atoms with Crippen LogP contribution in [0, 0.1) is 5.82 Å². The Morgan fingerprint density at radius 1 is 1.24 bits per heavy atom. The van der Waals surface area contributed by atoms with E-state index in [0.29, 0.717) is 11.2 Å². The molecule has 0 radical (unpaired) electrons. The normalized spacial score (nSPS) is 10.9. The summed E-state index contributed by atoms with van der Waals surface area (Å²) in [7, 11) is 0. The summed E-state index contributed by atoms with van der Waals surface area (Å²) in [5.41, 5.74) is 6.78. The van der Waals surface area contributed by atoms with Gasteiger partial charge in [0.15, 0.2) is 5.58 Å². The topological polar surface area (TPSA) is 78.2 Å². The van der Waals surface area contributed by atoms with Crippen LogP contribution < -0.4 is 11.5 Å². The van der Waals surface area contributed by atoms with Crippen LogP contribution in [0.25, 0.3) is 11.1 Å². The average molecular weight is 286 g/mol. The number of benzene rings is 2. The molecule has 1 heterocycles. The zero-order chi connectivity index (χ0) is 15.0. The predicted octanol–water partition coefficient (Wildman–Crippen LogP) is 2.20. The van der Waals surface area contributed by atoms with Gasteiger partial charge in [-0.05, 0) is 23.8 Å². The van der Waals surface area contributed by atoms with Crippen molar-refractivity contribution in [2.45, 2.75) is 6.42 Å². The van der Waals surface area contributed by atoms with E-state index in [9.17, 15) is 14.0 Å². The minimum atomic E-state index is -0.808. The smallest absolute Gasteiger partial charge is 0.407 e. The van der Waals surface area contributed by atoms with Gasteiger partial charge < -0.3 is 10.2 Å². The van der Waals surface area contributed by atoms with E-state index in [0.717, 1.165) is 4.57 Å². The van der Waals surface area contributed by atoms with Gasteiger partial charge in [0.05, 0.1) is 11.9 Å². The Hall–Kier alpha value is -2.89. The number of halogens is 1. The Morgan fingerprint density at radius 3 is 2.76 bits per heavy atom. The molecule has 0 spiro atoms. The van der Waals surface area contributed by atoms with Crippen LogP contribution in [-0.2, 0) is 6.42 Å². The lowest BCUT2D eigenvalue weighted by Crippen LogP contribution is -2.24. The van der Waals surface area contributed by atoms with Gasteiger partial charge >= 0.3 is 5.76 Å². The molecule has 106 valence electrons. The number of oxazole rings is 1. The molecule has 3 rings (SSSR count). The SMILES string of the molecule is Nc1ccc2c(c1)oc(=O)n2C(=O)Cc1ccccc1F. The summed E-state index contributed by atoms with van der Waals surface area (Å²) in [4.78, 5) is 24.1. The van der Waals surface area contributed by atoms with Gasteiger partial charge in [0.2, 0.25) is 5.91 Å². The highest BCUT2D eigenvalue weighted by molar-refractivity contribution is 5.91. The maximum atomic E-state index is 13.6. The molecular weight excluding hydrogens is 275 g/mol. The molecule has 6 heteroatoms. The lowest BCUT2D eigenvalue weighted by Gasteiger charge is -2.03. The molecule has 0 aliphatic rings. The Morgan fingerprint density at radius 2 is 2.00 bits per heavy atom. The van der Waals surface area contributed by atoms with E-state index in [-0.39, 0.29) is 17.6 Å². The largest absolute Gasteiger partial charge is 0.426 e. The van der Waals surface area contributed by atoms with E-state index < -0.39 is 17.5 Å². The molecular formula is C15H11FN2O3. The van der Waals surface area contributed by atoms with Gasteiger partial charge in [-0.25, -0.2) is 13.8 Å². The van der Waals surface area contributed by atoms with Crippen LogP contribution >= 0.6 is 0 Å². The van der Waals surface area contributed by atoms with Crippen LogP contribution in [0.15, 0.2) is 51.7 Å². The Bertz CT molecular complexity index is 895. The van der Waals surface area contributed by atoms with Crippen molar-refractivity contribution in [1.82, 2.24) is 4.57 Å². The van der Waals surface area contributed by atoms with Gasteiger partial charge in [-0.1, -0.05) is 18.2 Å². The molecule has 0 amide bonds. The fourth-order valence-electron chi connectivity index (χ4n) is 2.16. The second-order valence-corrected chi connectivity index (χ2v) is 4.59. The van der Waals surface area contributed by atoms with Gasteiger partial charge in [-0.15, -0.1) is 0 Å². The molecule has 3 aromatic rings. The molecule has 0 unspecified atom stereocenters. The zero-order valence-electron chi connectivity index (χ0n) is 10.9. The second kappa shape index (κ2) is 4.90. The van der Waals surface area contributed by atoms with Crippen LogP contribution in [0.1, 0.15) is 10.4 Å². The van der Waals surface area contributed by atoms with E-state index >= 15 is 0 Å². The number of anilines is 1. The second-order valence-electron chi connectivity index (χ2n) is 4.59. The summed E-state index contributed by atoms with van der Waals surface area (Å²) in [5.74, 6) is -1.86. The highest BCUT2D eigenvalue weighted by atomic mass is 19.1. The van der Waals surface area contributed by atoms with Crippen molar-refractivity contribution >= 4 is 22.7 Å². The van der Waals surface area contributed by atoms with E-state index in [1.165, 1.54) is 30.3 Å². The van der Waals surface area contributed by atoms with E-state index in [2.05, 4.69) is 0 Å². The Kier molecular flexibility index (Phi) is 3.06. The quantitative estimate of drug-likeness (QED) is 0.732. The van der Waals surface area contributed by atoms with Crippen molar-refractivity contribution in [1.29, 1.82) is 0 Å². The molecule has 0 fully saturated rings. The number of nitrogen functional groups attached to an aromatic ring is 1. The van der Waals surface area contributed by atoms with Gasteiger partial charge in [0.1, 0.15) is 5.82 Å². The molecule has 5 nitrogen and oxygen atoms in total. The first-order chi connectivity index (χ1) is 10.1. The van der Waals surface area contributed by atoms with Gasteiger partial charge in [-0.2, -0.15) is 0 Å². The maximum absolute atomic E-state index is 13.6. The third kappa shape index (κ3) is 2.31. The van der Waals surface area contributed by atoms with E-state index in [4.69, 9.17) is 10.2 Å². The average Bonchev–Trinajstić information content (AvgIpc) is 2.76. The number of carbonyl (C=O) groups excluding carboxylic acids is 1. The number of fused-ring (bicyclic) bond motifs is 1. The van der Waals surface area contributed by atoms with Gasteiger partial charge in [0.25, 0.3) is 0 Å². The van der Waals surface area contributed by atoms with Crippen molar-refractivity contribution in [3.05, 3.63) is 64.4 Å². The minimum absolute atomic E-state index is 0.221. The van der Waals surface area contributed by atoms with Crippen LogP contribution in [0.2, 0.25) is 0 Å². The number of hydrogen-bond donors (Lipinski definition) is 1. The first kappa shape index (κ1) is 13.1. The molecule has 0 bridgehead atoms. The molecule has 0 saturated carbocycles. The molecule has 1 aromatic heterocycles. The standard InChI is InChI=1S/C15H11FN2O3/c16-11-4-2-1-3-9(11)7-14(19)18-12-6-5-10(17)8-13(12)21-15(18)20/h1-6,8H,7,17H2. The van der Waals surface area contributed by atoms with E-state index in [1.54, 1.807) is 12.1 Å². The summed E-state index contributed by atoms with van der Waals surface area (Å²) in [6.45, 7) is 0. The number of nitrogens with zero attached hydrogens (tertiary/aromatic N) is 1. The highest BCUT2D eigenvalue weighted by Gasteiger charge is 2.17. The van der Waals surface area contributed by atoms with Crippen molar-refractivity contribution in [2.75, 3.05) is 5.73 Å². The first-order valence-corrected chi connectivity index (χ1v) is 6.24. The Balaban J connectivity index is 2.04. The highest BCUT2D eigenvalue weighted by Crippen LogP contribution is 2.17. The summed E-state index contributed by atoms with van der Waals surface area (Å²) >= 11 is 0. The third-order valence-corrected chi connectivity index (χ3v) is 3.15. The summed E-state index contributed by atoms with van der Waals surface area (Å²) < 4.78 is 19.5. The Labute approximate surface area is 118 Å². The molecule has 2 N–H and O–H groups in total. The van der Waals surface area contributed by atoms with Gasteiger partial charge in [-0.3, -0.25) is 4.79 Å². The summed E-state index contributed by atoms with van der Waals surface area (Å²) in [6, 6.07) is 10.5. The van der Waals surface area contributed by atoms with Crippen molar-refractivity contribution < 1.29 is 13.6 Å².